The minimum Gasteiger partial charge on any atom is -0.268 e. The van der Waals surface area contributed by atoms with Crippen LogP contribution in [0.3, 0.4) is 0 Å². The van der Waals surface area contributed by atoms with Crippen LogP contribution in [0.5, 0.6) is 0 Å². The van der Waals surface area contributed by atoms with Gasteiger partial charge in [0.2, 0.25) is 0 Å². The van der Waals surface area contributed by atoms with Crippen LogP contribution in [0.1, 0.15) is 60.0 Å². The molecular formula is C25H32N2O. The first-order valence-corrected chi connectivity index (χ1v) is 10.9. The summed E-state index contributed by atoms with van der Waals surface area (Å²) in [4.78, 5) is 13.6. The molecule has 1 aliphatic heterocycles. The molecule has 1 heterocycles. The highest BCUT2D eigenvalue weighted by atomic mass is 16.2. The Kier molecular flexibility index (Phi) is 6.11. The molecule has 1 saturated heterocycles. The Morgan fingerprint density at radius 2 is 1.68 bits per heavy atom. The average Bonchev–Trinajstić information content (AvgIpc) is 3.18. The van der Waals surface area contributed by atoms with Gasteiger partial charge in [0.15, 0.2) is 0 Å². The van der Waals surface area contributed by atoms with Gasteiger partial charge in [0.25, 0.3) is 5.91 Å². The van der Waals surface area contributed by atoms with Gasteiger partial charge < -0.3 is 0 Å². The summed E-state index contributed by atoms with van der Waals surface area (Å²) in [5.74, 6) is 0.823. The smallest absolute Gasteiger partial charge is 0.268 e. The number of hydrazine groups is 1. The minimum atomic E-state index is 0.199. The van der Waals surface area contributed by atoms with E-state index in [4.69, 9.17) is 0 Å². The first kappa shape index (κ1) is 19.2. The quantitative estimate of drug-likeness (QED) is 0.711. The number of hydrogen-bond donors (Lipinski definition) is 0. The molecule has 4 rings (SSSR count). The number of benzene rings is 2. The second-order valence-corrected chi connectivity index (χ2v) is 8.51. The van der Waals surface area contributed by atoms with E-state index in [-0.39, 0.29) is 5.91 Å². The normalized spacial score (nSPS) is 21.0. The van der Waals surface area contributed by atoms with Crippen LogP contribution >= 0.6 is 0 Å². The van der Waals surface area contributed by atoms with E-state index < -0.39 is 0 Å². The van der Waals surface area contributed by atoms with Crippen molar-refractivity contribution < 1.29 is 4.79 Å². The van der Waals surface area contributed by atoms with E-state index in [9.17, 15) is 4.79 Å². The van der Waals surface area contributed by atoms with Gasteiger partial charge in [-0.3, -0.25) is 9.80 Å². The maximum absolute atomic E-state index is 13.6. The summed E-state index contributed by atoms with van der Waals surface area (Å²) in [5, 5.41) is 4.53. The lowest BCUT2D eigenvalue weighted by Crippen LogP contribution is -2.52. The van der Waals surface area contributed by atoms with Gasteiger partial charge in [-0.15, -0.1) is 0 Å². The van der Waals surface area contributed by atoms with Crippen molar-refractivity contribution in [3.05, 3.63) is 71.3 Å². The van der Waals surface area contributed by atoms with E-state index in [1.807, 2.05) is 18.2 Å². The van der Waals surface area contributed by atoms with Gasteiger partial charge in [-0.05, 0) is 55.7 Å². The number of carbonyl (C=O) groups is 1. The van der Waals surface area contributed by atoms with E-state index in [0.29, 0.717) is 12.0 Å². The van der Waals surface area contributed by atoms with E-state index in [1.165, 1.54) is 31.2 Å². The molecule has 2 aromatic carbocycles. The molecule has 2 fully saturated rings. The van der Waals surface area contributed by atoms with E-state index >= 15 is 0 Å². The van der Waals surface area contributed by atoms with Gasteiger partial charge >= 0.3 is 0 Å². The molecule has 1 aliphatic carbocycles. The fraction of sp³-hybridized carbons (Fsp3) is 0.480. The number of nitrogens with zero attached hydrogens (tertiary/aromatic N) is 2. The first-order valence-electron chi connectivity index (χ1n) is 10.9. The molecule has 1 unspecified atom stereocenters. The van der Waals surface area contributed by atoms with Gasteiger partial charge in [0, 0.05) is 24.7 Å². The number of amides is 1. The number of hydrogen-bond acceptors (Lipinski definition) is 2. The number of aryl methyl sites for hydroxylation is 1. The molecule has 3 heteroatoms. The summed E-state index contributed by atoms with van der Waals surface area (Å²) in [7, 11) is 0. The predicted octanol–water partition coefficient (Wildman–Crippen LogP) is 5.25. The Bertz CT molecular complexity index is 782. The van der Waals surface area contributed by atoms with Crippen LogP contribution in [0.4, 0.5) is 0 Å². The number of rotatable bonds is 5. The summed E-state index contributed by atoms with van der Waals surface area (Å²) in [6.07, 6.45) is 8.33. The van der Waals surface area contributed by atoms with Crippen molar-refractivity contribution in [1.82, 2.24) is 10.0 Å². The van der Waals surface area contributed by atoms with E-state index in [1.54, 1.807) is 0 Å². The molecular weight excluding hydrogens is 344 g/mol. The molecule has 0 bridgehead atoms. The van der Waals surface area contributed by atoms with Crippen LogP contribution < -0.4 is 0 Å². The van der Waals surface area contributed by atoms with Crippen molar-refractivity contribution in [3.8, 4) is 0 Å². The zero-order valence-corrected chi connectivity index (χ0v) is 17.0. The van der Waals surface area contributed by atoms with Crippen molar-refractivity contribution in [2.75, 3.05) is 13.1 Å². The lowest BCUT2D eigenvalue weighted by atomic mass is 9.94. The Balaban J connectivity index is 1.52. The Morgan fingerprint density at radius 1 is 0.964 bits per heavy atom. The topological polar surface area (TPSA) is 23.6 Å². The van der Waals surface area contributed by atoms with Gasteiger partial charge in [0.05, 0.1) is 0 Å². The third kappa shape index (κ3) is 4.30. The van der Waals surface area contributed by atoms with Crippen molar-refractivity contribution in [2.45, 2.75) is 57.9 Å². The lowest BCUT2D eigenvalue weighted by Gasteiger charge is -2.40. The first-order chi connectivity index (χ1) is 13.7. The van der Waals surface area contributed by atoms with Crippen LogP contribution in [-0.2, 0) is 6.42 Å². The highest BCUT2D eigenvalue weighted by Gasteiger charge is 2.35. The zero-order valence-electron chi connectivity index (χ0n) is 17.0. The highest BCUT2D eigenvalue weighted by molar-refractivity contribution is 5.95. The Labute approximate surface area is 169 Å². The van der Waals surface area contributed by atoms with Crippen LogP contribution in [0.2, 0.25) is 0 Å². The van der Waals surface area contributed by atoms with Gasteiger partial charge in [-0.2, -0.15) is 0 Å². The fourth-order valence-corrected chi connectivity index (χ4v) is 4.91. The Hall–Kier alpha value is -2.13. The average molecular weight is 377 g/mol. The molecule has 3 nitrogen and oxygen atoms in total. The largest absolute Gasteiger partial charge is 0.268 e. The molecule has 2 aliphatic rings. The molecule has 0 aromatic heterocycles. The van der Waals surface area contributed by atoms with Crippen molar-refractivity contribution in [2.24, 2.45) is 5.92 Å². The third-order valence-corrected chi connectivity index (χ3v) is 6.44. The van der Waals surface area contributed by atoms with Crippen LogP contribution in [0.25, 0.3) is 0 Å². The van der Waals surface area contributed by atoms with Crippen LogP contribution in [0.15, 0.2) is 54.6 Å². The third-order valence-electron chi connectivity index (χ3n) is 6.44. The maximum atomic E-state index is 13.6. The minimum absolute atomic E-state index is 0.199. The zero-order chi connectivity index (χ0) is 19.3. The molecule has 0 spiro atoms. The van der Waals surface area contributed by atoms with Crippen LogP contribution in [-0.4, -0.2) is 35.1 Å². The van der Waals surface area contributed by atoms with Crippen LogP contribution in [0, 0.1) is 12.8 Å². The second-order valence-electron chi connectivity index (χ2n) is 8.51. The Morgan fingerprint density at radius 3 is 2.43 bits per heavy atom. The number of carbonyl (C=O) groups excluding carboxylic acids is 1. The lowest BCUT2D eigenvalue weighted by molar-refractivity contribution is -0.0330. The fourth-order valence-electron chi connectivity index (χ4n) is 4.91. The standard InChI is InChI=1S/C25H32N2O/c1-20-10-8-9-15-24(20)25(28)27(23-13-6-3-7-14-23)26-17-16-22(19-26)18-21-11-4-2-5-12-21/h2,4-5,8-12,15,22-23H,3,6-7,13-14,16-19H2,1H3. The van der Waals surface area contributed by atoms with Gasteiger partial charge in [0.1, 0.15) is 0 Å². The van der Waals surface area contributed by atoms with Crippen molar-refractivity contribution >= 4 is 5.91 Å². The van der Waals surface area contributed by atoms with Gasteiger partial charge in [-0.25, -0.2) is 5.01 Å². The molecule has 28 heavy (non-hydrogen) atoms. The molecule has 2 aromatic rings. The second kappa shape index (κ2) is 8.91. The molecule has 1 amide bonds. The molecule has 1 atom stereocenters. The molecule has 1 saturated carbocycles. The predicted molar refractivity (Wildman–Crippen MR) is 114 cm³/mol. The SMILES string of the molecule is Cc1ccccc1C(=O)N(C1CCCCC1)N1CCC(Cc2ccccc2)C1. The van der Waals surface area contributed by atoms with Crippen molar-refractivity contribution in [3.63, 3.8) is 0 Å². The molecule has 0 N–H and O–H groups in total. The maximum Gasteiger partial charge on any atom is 0.268 e. The monoisotopic (exact) mass is 376 g/mol. The summed E-state index contributed by atoms with van der Waals surface area (Å²) < 4.78 is 0. The van der Waals surface area contributed by atoms with E-state index in [2.05, 4.69) is 53.3 Å². The summed E-state index contributed by atoms with van der Waals surface area (Å²) in [6.45, 7) is 4.03. The van der Waals surface area contributed by atoms with E-state index in [0.717, 1.165) is 43.5 Å². The van der Waals surface area contributed by atoms with Crippen molar-refractivity contribution in [1.29, 1.82) is 0 Å². The molecule has 148 valence electrons. The van der Waals surface area contributed by atoms with Gasteiger partial charge in [-0.1, -0.05) is 67.8 Å². The summed E-state index contributed by atoms with van der Waals surface area (Å²) >= 11 is 0. The summed E-state index contributed by atoms with van der Waals surface area (Å²) in [6, 6.07) is 19.2. The summed E-state index contributed by atoms with van der Waals surface area (Å²) in [5.41, 5.74) is 3.34. The molecule has 0 radical (unpaired) electrons. The highest BCUT2D eigenvalue weighted by Crippen LogP contribution is 2.30.